The Balaban J connectivity index is 0.000000288. The molecule has 0 atom stereocenters. The summed E-state index contributed by atoms with van der Waals surface area (Å²) in [5, 5.41) is 0. The normalized spacial score (nSPS) is 9.88. The first kappa shape index (κ1) is 14.6. The molecule has 4 heteroatoms. The average molecular weight is 223 g/mol. The lowest BCUT2D eigenvalue weighted by Gasteiger charge is -2.05. The summed E-state index contributed by atoms with van der Waals surface area (Å²) in [6, 6.07) is 1.64. The average Bonchev–Trinajstić information content (AvgIpc) is 2.18. The van der Waals surface area contributed by atoms with Crippen molar-refractivity contribution in [1.82, 2.24) is 9.97 Å². The molecule has 16 heavy (non-hydrogen) atoms. The molecular weight excluding hydrogens is 202 g/mol. The van der Waals surface area contributed by atoms with Gasteiger partial charge in [-0.2, -0.15) is 0 Å². The molecule has 1 rings (SSSR count). The zero-order valence-corrected chi connectivity index (χ0v) is 10.5. The van der Waals surface area contributed by atoms with E-state index in [0.29, 0.717) is 17.5 Å². The predicted molar refractivity (Wildman–Crippen MR) is 65.7 cm³/mol. The number of carbonyl (C=O) groups is 1. The number of aromatic nitrogens is 2. The van der Waals surface area contributed by atoms with Crippen molar-refractivity contribution in [3.8, 4) is 0 Å². The highest BCUT2D eigenvalue weighted by atomic mass is 16.1. The topological polar surface area (TPSA) is 68.9 Å². The number of carbonyl (C=O) groups excluding carboxylic acids is 1. The largest absolute Gasteiger partial charge is 0.384 e. The van der Waals surface area contributed by atoms with Crippen molar-refractivity contribution in [2.24, 2.45) is 11.8 Å². The standard InChI is InChI=1S/C8H16O.C4H5N3/c1-6(2)5-8(9)7(3)4;5-4-1-2-6-3-7-4/h6-7H,5H2,1-4H3;1-3H,(H2,5,6,7). The van der Waals surface area contributed by atoms with E-state index in [-0.39, 0.29) is 5.92 Å². The molecular formula is C12H21N3O. The van der Waals surface area contributed by atoms with Gasteiger partial charge in [0.2, 0.25) is 0 Å². The Kier molecular flexibility index (Phi) is 7.09. The van der Waals surface area contributed by atoms with Crippen molar-refractivity contribution in [1.29, 1.82) is 0 Å². The molecule has 0 spiro atoms. The van der Waals surface area contributed by atoms with Crippen LogP contribution in [0.4, 0.5) is 5.82 Å². The molecule has 0 unspecified atom stereocenters. The van der Waals surface area contributed by atoms with Crippen LogP contribution in [0.5, 0.6) is 0 Å². The Hall–Kier alpha value is -1.45. The second-order valence-electron chi connectivity index (χ2n) is 4.35. The van der Waals surface area contributed by atoms with Crippen LogP contribution >= 0.6 is 0 Å². The molecule has 0 aliphatic carbocycles. The third-order valence-corrected chi connectivity index (χ3v) is 1.86. The fourth-order valence-corrected chi connectivity index (χ4v) is 0.939. The molecule has 0 aromatic carbocycles. The van der Waals surface area contributed by atoms with Crippen LogP contribution in [0.2, 0.25) is 0 Å². The molecule has 1 heterocycles. The Morgan fingerprint density at radius 2 is 2.00 bits per heavy atom. The van der Waals surface area contributed by atoms with Crippen molar-refractivity contribution in [3.63, 3.8) is 0 Å². The van der Waals surface area contributed by atoms with E-state index in [0.717, 1.165) is 6.42 Å². The van der Waals surface area contributed by atoms with Crippen molar-refractivity contribution >= 4 is 11.6 Å². The van der Waals surface area contributed by atoms with E-state index < -0.39 is 0 Å². The third-order valence-electron chi connectivity index (χ3n) is 1.86. The maximum Gasteiger partial charge on any atom is 0.135 e. The van der Waals surface area contributed by atoms with Crippen LogP contribution in [0, 0.1) is 11.8 Å². The van der Waals surface area contributed by atoms with Gasteiger partial charge in [-0.15, -0.1) is 0 Å². The molecule has 4 nitrogen and oxygen atoms in total. The molecule has 0 saturated heterocycles. The number of nitrogens with two attached hydrogens (primary N) is 1. The van der Waals surface area contributed by atoms with Gasteiger partial charge in [0.1, 0.15) is 17.9 Å². The highest BCUT2D eigenvalue weighted by Gasteiger charge is 2.07. The van der Waals surface area contributed by atoms with Crippen molar-refractivity contribution in [3.05, 3.63) is 18.6 Å². The smallest absolute Gasteiger partial charge is 0.135 e. The molecule has 2 N–H and O–H groups in total. The van der Waals surface area contributed by atoms with Gasteiger partial charge in [-0.05, 0) is 12.0 Å². The quantitative estimate of drug-likeness (QED) is 0.853. The SMILES string of the molecule is CC(C)CC(=O)C(C)C.Nc1ccncn1. The highest BCUT2D eigenvalue weighted by molar-refractivity contribution is 5.80. The monoisotopic (exact) mass is 223 g/mol. The number of ketones is 1. The zero-order valence-electron chi connectivity index (χ0n) is 10.5. The van der Waals surface area contributed by atoms with E-state index in [1.54, 1.807) is 12.3 Å². The Labute approximate surface area is 97.3 Å². The Morgan fingerprint density at radius 3 is 2.19 bits per heavy atom. The van der Waals surface area contributed by atoms with Gasteiger partial charge in [-0.3, -0.25) is 4.79 Å². The van der Waals surface area contributed by atoms with Crippen molar-refractivity contribution < 1.29 is 4.79 Å². The molecule has 90 valence electrons. The summed E-state index contributed by atoms with van der Waals surface area (Å²) in [7, 11) is 0. The van der Waals surface area contributed by atoms with Crippen LogP contribution in [-0.4, -0.2) is 15.8 Å². The predicted octanol–water partition coefficient (Wildman–Crippen LogP) is 2.32. The molecule has 0 fully saturated rings. The van der Waals surface area contributed by atoms with Crippen LogP contribution in [-0.2, 0) is 4.79 Å². The lowest BCUT2D eigenvalue weighted by Crippen LogP contribution is -2.09. The summed E-state index contributed by atoms with van der Waals surface area (Å²) in [6.45, 7) is 8.04. The van der Waals surface area contributed by atoms with Gasteiger partial charge in [0.15, 0.2) is 0 Å². The number of rotatable bonds is 3. The minimum absolute atomic E-state index is 0.215. The summed E-state index contributed by atoms with van der Waals surface area (Å²) in [5.74, 6) is 1.62. The number of hydrogen-bond acceptors (Lipinski definition) is 4. The number of hydrogen-bond donors (Lipinski definition) is 1. The van der Waals surface area contributed by atoms with Crippen LogP contribution in [0.1, 0.15) is 34.1 Å². The highest BCUT2D eigenvalue weighted by Crippen LogP contribution is 2.06. The maximum atomic E-state index is 11.0. The van der Waals surface area contributed by atoms with E-state index in [9.17, 15) is 4.79 Å². The summed E-state index contributed by atoms with van der Waals surface area (Å²) in [4.78, 5) is 18.3. The lowest BCUT2D eigenvalue weighted by atomic mass is 9.99. The van der Waals surface area contributed by atoms with Gasteiger partial charge in [0, 0.05) is 18.5 Å². The summed E-state index contributed by atoms with van der Waals surface area (Å²) >= 11 is 0. The third kappa shape index (κ3) is 7.91. The second-order valence-corrected chi connectivity index (χ2v) is 4.35. The fourth-order valence-electron chi connectivity index (χ4n) is 0.939. The number of Topliss-reactive ketones (excluding diaryl/α,β-unsaturated/α-hetero) is 1. The molecule has 1 aromatic heterocycles. The molecule has 0 radical (unpaired) electrons. The van der Waals surface area contributed by atoms with Gasteiger partial charge < -0.3 is 5.73 Å². The number of anilines is 1. The van der Waals surface area contributed by atoms with Gasteiger partial charge in [-0.25, -0.2) is 9.97 Å². The van der Waals surface area contributed by atoms with E-state index in [2.05, 4.69) is 23.8 Å². The molecule has 0 bridgehead atoms. The molecule has 0 saturated carbocycles. The minimum atomic E-state index is 0.215. The lowest BCUT2D eigenvalue weighted by molar-refractivity contribution is -0.122. The van der Waals surface area contributed by atoms with Crippen LogP contribution < -0.4 is 5.73 Å². The van der Waals surface area contributed by atoms with E-state index in [4.69, 9.17) is 5.73 Å². The summed E-state index contributed by atoms with van der Waals surface area (Å²) < 4.78 is 0. The van der Waals surface area contributed by atoms with Crippen molar-refractivity contribution in [2.45, 2.75) is 34.1 Å². The van der Waals surface area contributed by atoms with E-state index in [1.807, 2.05) is 13.8 Å². The van der Waals surface area contributed by atoms with Gasteiger partial charge >= 0.3 is 0 Å². The van der Waals surface area contributed by atoms with Crippen molar-refractivity contribution in [2.75, 3.05) is 5.73 Å². The van der Waals surface area contributed by atoms with E-state index >= 15 is 0 Å². The summed E-state index contributed by atoms with van der Waals surface area (Å²) in [5.41, 5.74) is 5.21. The Morgan fingerprint density at radius 1 is 1.38 bits per heavy atom. The number of nitrogen functional groups attached to an aromatic ring is 1. The molecule has 0 amide bonds. The zero-order chi connectivity index (χ0) is 12.6. The Bertz CT molecular complexity index is 296. The van der Waals surface area contributed by atoms with Crippen LogP contribution in [0.3, 0.4) is 0 Å². The van der Waals surface area contributed by atoms with Gasteiger partial charge in [0.05, 0.1) is 0 Å². The van der Waals surface area contributed by atoms with Crippen LogP contribution in [0.25, 0.3) is 0 Å². The van der Waals surface area contributed by atoms with E-state index in [1.165, 1.54) is 6.33 Å². The maximum absolute atomic E-state index is 11.0. The molecule has 1 aromatic rings. The van der Waals surface area contributed by atoms with Gasteiger partial charge in [0.25, 0.3) is 0 Å². The van der Waals surface area contributed by atoms with Crippen LogP contribution in [0.15, 0.2) is 18.6 Å². The second kappa shape index (κ2) is 7.79. The number of nitrogens with zero attached hydrogens (tertiary/aromatic N) is 2. The van der Waals surface area contributed by atoms with Gasteiger partial charge in [-0.1, -0.05) is 27.7 Å². The first-order chi connectivity index (χ1) is 7.43. The first-order valence-electron chi connectivity index (χ1n) is 5.47. The molecule has 0 aliphatic rings. The summed E-state index contributed by atoms with van der Waals surface area (Å²) in [6.07, 6.45) is 3.75. The first-order valence-corrected chi connectivity index (χ1v) is 5.47. The minimum Gasteiger partial charge on any atom is -0.384 e. The molecule has 0 aliphatic heterocycles. The fraction of sp³-hybridized carbons (Fsp3) is 0.583.